The maximum absolute atomic E-state index is 12.1. The molecule has 0 spiro atoms. The highest BCUT2D eigenvalue weighted by molar-refractivity contribution is 7.13. The molecule has 0 fully saturated rings. The Hall–Kier alpha value is -1.81. The van der Waals surface area contributed by atoms with Crippen LogP contribution in [0.4, 0.5) is 10.5 Å². The molecular formula is C17H22N2OS. The van der Waals surface area contributed by atoms with Crippen LogP contribution in [0.2, 0.25) is 0 Å². The SMILES string of the molecule is Cc1ccsc1-c1cccc(NC(=O)N(C)CC(C)C)c1. The van der Waals surface area contributed by atoms with Crippen LogP contribution in [0.25, 0.3) is 10.4 Å². The lowest BCUT2D eigenvalue weighted by molar-refractivity contribution is 0.217. The van der Waals surface area contributed by atoms with Gasteiger partial charge in [-0.3, -0.25) is 0 Å². The van der Waals surface area contributed by atoms with Gasteiger partial charge in [-0.15, -0.1) is 11.3 Å². The van der Waals surface area contributed by atoms with E-state index in [1.54, 1.807) is 16.2 Å². The Morgan fingerprint density at radius 3 is 2.71 bits per heavy atom. The lowest BCUT2D eigenvalue weighted by Gasteiger charge is -2.20. The number of aryl methyl sites for hydroxylation is 1. The highest BCUT2D eigenvalue weighted by atomic mass is 32.1. The predicted octanol–water partition coefficient (Wildman–Crippen LogP) is 4.84. The van der Waals surface area contributed by atoms with Gasteiger partial charge in [0.2, 0.25) is 0 Å². The first-order chi connectivity index (χ1) is 9.97. The Morgan fingerprint density at radius 2 is 2.10 bits per heavy atom. The number of hydrogen-bond acceptors (Lipinski definition) is 2. The molecule has 0 saturated heterocycles. The smallest absolute Gasteiger partial charge is 0.321 e. The number of rotatable bonds is 4. The third-order valence-electron chi connectivity index (χ3n) is 3.22. The quantitative estimate of drug-likeness (QED) is 0.861. The van der Waals surface area contributed by atoms with Crippen molar-refractivity contribution in [3.63, 3.8) is 0 Å². The number of hydrogen-bond donors (Lipinski definition) is 1. The molecule has 0 aliphatic rings. The van der Waals surface area contributed by atoms with E-state index in [0.717, 1.165) is 17.8 Å². The van der Waals surface area contributed by atoms with Crippen LogP contribution in [-0.2, 0) is 0 Å². The average Bonchev–Trinajstić information content (AvgIpc) is 2.84. The van der Waals surface area contributed by atoms with E-state index in [2.05, 4.69) is 43.6 Å². The summed E-state index contributed by atoms with van der Waals surface area (Å²) in [6.45, 7) is 7.05. The van der Waals surface area contributed by atoms with Crippen molar-refractivity contribution < 1.29 is 4.79 Å². The summed E-state index contributed by atoms with van der Waals surface area (Å²) in [7, 11) is 1.82. The summed E-state index contributed by atoms with van der Waals surface area (Å²) in [4.78, 5) is 15.1. The summed E-state index contributed by atoms with van der Waals surface area (Å²) in [5, 5.41) is 5.05. The molecule has 2 rings (SSSR count). The van der Waals surface area contributed by atoms with E-state index in [1.165, 1.54) is 10.4 Å². The minimum atomic E-state index is -0.0660. The second-order valence-corrected chi connectivity index (χ2v) is 6.63. The van der Waals surface area contributed by atoms with Crippen molar-refractivity contribution >= 4 is 23.1 Å². The normalized spacial score (nSPS) is 10.7. The monoisotopic (exact) mass is 302 g/mol. The second-order valence-electron chi connectivity index (χ2n) is 5.72. The molecule has 1 aromatic carbocycles. The largest absolute Gasteiger partial charge is 0.327 e. The molecule has 0 unspecified atom stereocenters. The fraction of sp³-hybridized carbons (Fsp3) is 0.353. The number of carbonyl (C=O) groups excluding carboxylic acids is 1. The van der Waals surface area contributed by atoms with E-state index in [1.807, 2.05) is 25.2 Å². The molecule has 0 saturated carbocycles. The highest BCUT2D eigenvalue weighted by Crippen LogP contribution is 2.30. The molecule has 0 aliphatic heterocycles. The number of benzene rings is 1. The number of carbonyl (C=O) groups is 1. The van der Waals surface area contributed by atoms with Gasteiger partial charge in [0, 0.05) is 24.2 Å². The Morgan fingerprint density at radius 1 is 1.33 bits per heavy atom. The maximum atomic E-state index is 12.1. The third-order valence-corrected chi connectivity index (χ3v) is 4.29. The van der Waals surface area contributed by atoms with Gasteiger partial charge in [0.05, 0.1) is 0 Å². The lowest BCUT2D eigenvalue weighted by atomic mass is 10.1. The average molecular weight is 302 g/mol. The molecule has 21 heavy (non-hydrogen) atoms. The number of urea groups is 1. The highest BCUT2D eigenvalue weighted by Gasteiger charge is 2.11. The summed E-state index contributed by atoms with van der Waals surface area (Å²) in [6, 6.07) is 10.1. The summed E-state index contributed by atoms with van der Waals surface area (Å²) >= 11 is 1.72. The molecule has 4 heteroatoms. The van der Waals surface area contributed by atoms with E-state index in [-0.39, 0.29) is 6.03 Å². The van der Waals surface area contributed by atoms with Crippen LogP contribution in [0.3, 0.4) is 0 Å². The summed E-state index contributed by atoms with van der Waals surface area (Å²) in [5.74, 6) is 0.459. The van der Waals surface area contributed by atoms with Gasteiger partial charge in [-0.05, 0) is 47.5 Å². The van der Waals surface area contributed by atoms with Crippen LogP contribution in [0.5, 0.6) is 0 Å². The number of thiophene rings is 1. The molecule has 112 valence electrons. The first-order valence-electron chi connectivity index (χ1n) is 7.14. The zero-order chi connectivity index (χ0) is 15.4. The van der Waals surface area contributed by atoms with Crippen molar-refractivity contribution in [1.29, 1.82) is 0 Å². The van der Waals surface area contributed by atoms with Crippen molar-refractivity contribution in [2.24, 2.45) is 5.92 Å². The Balaban J connectivity index is 2.12. The van der Waals surface area contributed by atoms with Crippen LogP contribution in [0.15, 0.2) is 35.7 Å². The molecule has 2 aromatic rings. The van der Waals surface area contributed by atoms with Crippen molar-refractivity contribution in [3.8, 4) is 10.4 Å². The van der Waals surface area contributed by atoms with E-state index in [0.29, 0.717) is 5.92 Å². The molecule has 0 atom stereocenters. The van der Waals surface area contributed by atoms with Gasteiger partial charge in [-0.25, -0.2) is 4.79 Å². The van der Waals surface area contributed by atoms with Gasteiger partial charge in [0.25, 0.3) is 0 Å². The van der Waals surface area contributed by atoms with Crippen LogP contribution < -0.4 is 5.32 Å². The van der Waals surface area contributed by atoms with Gasteiger partial charge >= 0.3 is 6.03 Å². The molecule has 0 bridgehead atoms. The minimum Gasteiger partial charge on any atom is -0.327 e. The molecule has 2 amide bonds. The predicted molar refractivity (Wildman–Crippen MR) is 91.0 cm³/mol. The minimum absolute atomic E-state index is 0.0660. The first-order valence-corrected chi connectivity index (χ1v) is 8.02. The number of anilines is 1. The van der Waals surface area contributed by atoms with Crippen molar-refractivity contribution in [2.75, 3.05) is 18.9 Å². The van der Waals surface area contributed by atoms with Crippen LogP contribution in [0, 0.1) is 12.8 Å². The van der Waals surface area contributed by atoms with Crippen molar-refractivity contribution in [1.82, 2.24) is 4.90 Å². The number of nitrogens with one attached hydrogen (secondary N) is 1. The summed E-state index contributed by atoms with van der Waals surface area (Å²) < 4.78 is 0. The topological polar surface area (TPSA) is 32.3 Å². The standard InChI is InChI=1S/C17H22N2OS/c1-12(2)11-19(4)17(20)18-15-7-5-6-14(10-15)16-13(3)8-9-21-16/h5-10,12H,11H2,1-4H3,(H,18,20). The third kappa shape index (κ3) is 4.08. The first kappa shape index (κ1) is 15.6. The second kappa shape index (κ2) is 6.76. The Kier molecular flexibility index (Phi) is 5.02. The van der Waals surface area contributed by atoms with E-state index in [4.69, 9.17) is 0 Å². The molecule has 0 radical (unpaired) electrons. The van der Waals surface area contributed by atoms with E-state index in [9.17, 15) is 4.79 Å². The Labute approximate surface area is 130 Å². The summed E-state index contributed by atoms with van der Waals surface area (Å²) in [5.41, 5.74) is 3.24. The fourth-order valence-corrected chi connectivity index (χ4v) is 3.18. The number of amides is 2. The molecular weight excluding hydrogens is 280 g/mol. The van der Waals surface area contributed by atoms with Gasteiger partial charge < -0.3 is 10.2 Å². The molecule has 1 N–H and O–H groups in total. The lowest BCUT2D eigenvalue weighted by Crippen LogP contribution is -2.34. The van der Waals surface area contributed by atoms with E-state index >= 15 is 0 Å². The van der Waals surface area contributed by atoms with E-state index < -0.39 is 0 Å². The molecule has 0 aliphatic carbocycles. The van der Waals surface area contributed by atoms with Gasteiger partial charge in [0.1, 0.15) is 0 Å². The van der Waals surface area contributed by atoms with Gasteiger partial charge in [-0.2, -0.15) is 0 Å². The Bertz CT molecular complexity index is 619. The summed E-state index contributed by atoms with van der Waals surface area (Å²) in [6.07, 6.45) is 0. The zero-order valence-electron chi connectivity index (χ0n) is 13.0. The van der Waals surface area contributed by atoms with Gasteiger partial charge in [-0.1, -0.05) is 26.0 Å². The van der Waals surface area contributed by atoms with Crippen molar-refractivity contribution in [3.05, 3.63) is 41.3 Å². The number of nitrogens with zero attached hydrogens (tertiary/aromatic N) is 1. The fourth-order valence-electron chi connectivity index (χ4n) is 2.26. The molecule has 1 aromatic heterocycles. The van der Waals surface area contributed by atoms with Crippen LogP contribution >= 0.6 is 11.3 Å². The van der Waals surface area contributed by atoms with Crippen LogP contribution in [0.1, 0.15) is 19.4 Å². The van der Waals surface area contributed by atoms with Crippen LogP contribution in [-0.4, -0.2) is 24.5 Å². The zero-order valence-corrected chi connectivity index (χ0v) is 13.8. The maximum Gasteiger partial charge on any atom is 0.321 e. The molecule has 1 heterocycles. The van der Waals surface area contributed by atoms with Gasteiger partial charge in [0.15, 0.2) is 0 Å². The van der Waals surface area contributed by atoms with Crippen molar-refractivity contribution in [2.45, 2.75) is 20.8 Å². The molecule has 3 nitrogen and oxygen atoms in total.